The molecular weight excluding hydrogens is 502 g/mol. The zero-order valence-corrected chi connectivity index (χ0v) is 20.5. The summed E-state index contributed by atoms with van der Waals surface area (Å²) in [4.78, 5) is 10.3. The molecule has 194 valence electrons. The summed E-state index contributed by atoms with van der Waals surface area (Å²) in [5.74, 6) is 0.792. The molecule has 1 aliphatic carbocycles. The SMILES string of the molecule is CC(C)(O)c1ccc(OCC(F)(F)F)c2nc(CC3[C@@H]4CC[C@H]3CN(c3cc(Cl)ncc3F)C4)nn12. The van der Waals surface area contributed by atoms with Crippen LogP contribution in [0.1, 0.15) is 38.2 Å². The van der Waals surface area contributed by atoms with Crippen molar-refractivity contribution in [3.8, 4) is 5.75 Å². The van der Waals surface area contributed by atoms with E-state index >= 15 is 0 Å². The number of halogens is 5. The summed E-state index contributed by atoms with van der Waals surface area (Å²) >= 11 is 5.99. The fraction of sp³-hybridized carbons (Fsp3) is 0.542. The zero-order valence-electron chi connectivity index (χ0n) is 19.8. The molecule has 1 saturated carbocycles. The van der Waals surface area contributed by atoms with Gasteiger partial charge in [0, 0.05) is 25.6 Å². The lowest BCUT2D eigenvalue weighted by molar-refractivity contribution is -0.153. The molecule has 12 heteroatoms. The molecule has 0 spiro atoms. The van der Waals surface area contributed by atoms with Crippen LogP contribution >= 0.6 is 11.6 Å². The maximum Gasteiger partial charge on any atom is 0.422 e. The molecule has 4 heterocycles. The van der Waals surface area contributed by atoms with Crippen LogP contribution in [-0.2, 0) is 12.0 Å². The van der Waals surface area contributed by atoms with Crippen LogP contribution in [0.2, 0.25) is 5.15 Å². The van der Waals surface area contributed by atoms with Crippen molar-refractivity contribution in [2.75, 3.05) is 24.6 Å². The van der Waals surface area contributed by atoms with Gasteiger partial charge >= 0.3 is 6.18 Å². The number of ether oxygens (including phenoxy) is 1. The summed E-state index contributed by atoms with van der Waals surface area (Å²) in [6.45, 7) is 2.99. The third-order valence-electron chi connectivity index (χ3n) is 7.10. The number of aliphatic hydroxyl groups is 1. The highest BCUT2D eigenvalue weighted by atomic mass is 35.5. The fourth-order valence-electron chi connectivity index (χ4n) is 5.53. The minimum absolute atomic E-state index is 0.0538. The van der Waals surface area contributed by atoms with E-state index in [2.05, 4.69) is 15.1 Å². The summed E-state index contributed by atoms with van der Waals surface area (Å²) in [5, 5.41) is 15.4. The zero-order chi connectivity index (χ0) is 25.8. The standard InChI is InChI=1S/C24H26ClF4N5O2/c1-23(2,35)19-6-5-18(36-12-24(27,28)29)22-31-21(32-34(19)22)7-15-13-3-4-14(15)11-33(10-13)17-8-20(25)30-9-16(17)26/h5-6,8-9,13-15,35H,3-4,7,10-12H2,1-2H3/t13-,14+,15?. The highest BCUT2D eigenvalue weighted by Gasteiger charge is 2.43. The lowest BCUT2D eigenvalue weighted by Gasteiger charge is -2.39. The highest BCUT2D eigenvalue weighted by Crippen LogP contribution is 2.45. The Balaban J connectivity index is 1.41. The number of aromatic nitrogens is 4. The van der Waals surface area contributed by atoms with E-state index in [1.54, 1.807) is 19.9 Å². The molecule has 2 bridgehead atoms. The lowest BCUT2D eigenvalue weighted by Crippen LogP contribution is -2.43. The van der Waals surface area contributed by atoms with Crippen LogP contribution in [0.4, 0.5) is 23.2 Å². The maximum absolute atomic E-state index is 14.4. The second kappa shape index (κ2) is 9.02. The van der Waals surface area contributed by atoms with Crippen molar-refractivity contribution in [3.05, 3.63) is 46.9 Å². The second-order valence-corrected chi connectivity index (χ2v) is 10.5. The van der Waals surface area contributed by atoms with Crippen molar-refractivity contribution in [1.29, 1.82) is 0 Å². The van der Waals surface area contributed by atoms with Crippen molar-refractivity contribution in [1.82, 2.24) is 19.6 Å². The van der Waals surface area contributed by atoms with Gasteiger partial charge in [0.05, 0.1) is 17.6 Å². The van der Waals surface area contributed by atoms with Gasteiger partial charge in [0.1, 0.15) is 10.8 Å². The number of piperidine rings is 1. The second-order valence-electron chi connectivity index (χ2n) is 10.1. The molecule has 0 amide bonds. The molecule has 7 nitrogen and oxygen atoms in total. The molecule has 5 rings (SSSR count). The number of hydrogen-bond acceptors (Lipinski definition) is 6. The van der Waals surface area contributed by atoms with Crippen molar-refractivity contribution in [2.24, 2.45) is 17.8 Å². The van der Waals surface area contributed by atoms with Crippen LogP contribution in [0.25, 0.3) is 5.65 Å². The molecule has 1 unspecified atom stereocenters. The quantitative estimate of drug-likeness (QED) is 0.367. The number of anilines is 1. The van der Waals surface area contributed by atoms with Crippen LogP contribution in [0.15, 0.2) is 24.4 Å². The summed E-state index contributed by atoms with van der Waals surface area (Å²) in [6.07, 6.45) is -0.886. The van der Waals surface area contributed by atoms with Gasteiger partial charge in [-0.2, -0.15) is 18.3 Å². The fourth-order valence-corrected chi connectivity index (χ4v) is 5.68. The molecule has 2 aliphatic rings. The average Bonchev–Trinajstić information content (AvgIpc) is 3.29. The van der Waals surface area contributed by atoms with E-state index in [1.165, 1.54) is 16.6 Å². The average molecular weight is 528 g/mol. The molecule has 2 fully saturated rings. The van der Waals surface area contributed by atoms with Gasteiger partial charge in [0.2, 0.25) is 0 Å². The maximum atomic E-state index is 14.4. The first-order chi connectivity index (χ1) is 16.9. The first kappa shape index (κ1) is 25.0. The summed E-state index contributed by atoms with van der Waals surface area (Å²) < 4.78 is 59.1. The molecule has 3 aromatic heterocycles. The van der Waals surface area contributed by atoms with Crippen LogP contribution in [0.3, 0.4) is 0 Å². The van der Waals surface area contributed by atoms with Crippen LogP contribution in [0, 0.1) is 23.6 Å². The van der Waals surface area contributed by atoms with Gasteiger partial charge in [-0.15, -0.1) is 0 Å². The highest BCUT2D eigenvalue weighted by molar-refractivity contribution is 6.29. The topological polar surface area (TPSA) is 75.8 Å². The minimum atomic E-state index is -4.50. The Kier molecular flexibility index (Phi) is 6.27. The smallest absolute Gasteiger partial charge is 0.422 e. The summed E-state index contributed by atoms with van der Waals surface area (Å²) in [5.41, 5.74) is -0.338. The van der Waals surface area contributed by atoms with Crippen LogP contribution in [0.5, 0.6) is 5.75 Å². The normalized spacial score (nSPS) is 22.4. The van der Waals surface area contributed by atoms with E-state index in [9.17, 15) is 22.7 Å². The third kappa shape index (κ3) is 4.95. The monoisotopic (exact) mass is 527 g/mol. The van der Waals surface area contributed by atoms with Gasteiger partial charge < -0.3 is 14.7 Å². The Labute approximate surface area is 210 Å². The Bertz CT molecular complexity index is 1260. The lowest BCUT2D eigenvalue weighted by atomic mass is 9.82. The molecular formula is C24H26ClF4N5O2. The van der Waals surface area contributed by atoms with Crippen molar-refractivity contribution >= 4 is 22.9 Å². The Morgan fingerprint density at radius 1 is 1.17 bits per heavy atom. The van der Waals surface area contributed by atoms with E-state index in [0.29, 0.717) is 36.7 Å². The molecule has 1 saturated heterocycles. The molecule has 1 aliphatic heterocycles. The number of fused-ring (bicyclic) bond motifs is 3. The van der Waals surface area contributed by atoms with Crippen molar-refractivity contribution < 1.29 is 27.4 Å². The molecule has 0 radical (unpaired) electrons. The first-order valence-electron chi connectivity index (χ1n) is 11.8. The molecule has 0 aromatic carbocycles. The van der Waals surface area contributed by atoms with Gasteiger partial charge in [-0.25, -0.2) is 18.9 Å². The van der Waals surface area contributed by atoms with E-state index in [1.807, 2.05) is 4.90 Å². The van der Waals surface area contributed by atoms with Gasteiger partial charge in [0.15, 0.2) is 29.6 Å². The Morgan fingerprint density at radius 3 is 2.50 bits per heavy atom. The predicted molar refractivity (Wildman–Crippen MR) is 125 cm³/mol. The van der Waals surface area contributed by atoms with Crippen LogP contribution < -0.4 is 9.64 Å². The van der Waals surface area contributed by atoms with Gasteiger partial charge in [-0.05, 0) is 56.6 Å². The number of rotatable bonds is 6. The van der Waals surface area contributed by atoms with E-state index in [-0.39, 0.29) is 34.3 Å². The summed E-state index contributed by atoms with van der Waals surface area (Å²) in [6, 6.07) is 4.41. The first-order valence-corrected chi connectivity index (χ1v) is 12.1. The van der Waals surface area contributed by atoms with E-state index in [0.717, 1.165) is 19.0 Å². The van der Waals surface area contributed by atoms with Gasteiger partial charge in [0.25, 0.3) is 0 Å². The Hall–Kier alpha value is -2.66. The van der Waals surface area contributed by atoms with Gasteiger partial charge in [-0.3, -0.25) is 0 Å². The number of hydrogen-bond donors (Lipinski definition) is 1. The molecule has 3 aromatic rings. The molecule has 36 heavy (non-hydrogen) atoms. The Morgan fingerprint density at radius 2 is 1.86 bits per heavy atom. The third-order valence-corrected chi connectivity index (χ3v) is 7.31. The molecule has 3 atom stereocenters. The van der Waals surface area contributed by atoms with Crippen LogP contribution in [-0.4, -0.2) is 50.6 Å². The van der Waals surface area contributed by atoms with Crippen molar-refractivity contribution in [3.63, 3.8) is 0 Å². The number of nitrogens with zero attached hydrogens (tertiary/aromatic N) is 5. The minimum Gasteiger partial charge on any atom is -0.480 e. The number of alkyl halides is 3. The number of pyridine rings is 2. The van der Waals surface area contributed by atoms with E-state index < -0.39 is 24.2 Å². The predicted octanol–water partition coefficient (Wildman–Crippen LogP) is 4.79. The van der Waals surface area contributed by atoms with Crippen molar-refractivity contribution in [2.45, 2.75) is 44.9 Å². The van der Waals surface area contributed by atoms with Gasteiger partial charge in [-0.1, -0.05) is 11.6 Å². The van der Waals surface area contributed by atoms with E-state index in [4.69, 9.17) is 16.3 Å². The largest absolute Gasteiger partial charge is 0.480 e. The molecule has 1 N–H and O–H groups in total. The summed E-state index contributed by atoms with van der Waals surface area (Å²) in [7, 11) is 0.